The fourth-order valence-electron chi connectivity index (χ4n) is 2.92. The molecule has 6 nitrogen and oxygen atoms in total. The molecule has 0 saturated carbocycles. The van der Waals surface area contributed by atoms with Crippen LogP contribution in [0.4, 0.5) is 0 Å². The van der Waals surface area contributed by atoms with Gasteiger partial charge in [0.2, 0.25) is 0 Å². The van der Waals surface area contributed by atoms with Crippen LogP contribution in [0.3, 0.4) is 0 Å². The van der Waals surface area contributed by atoms with Crippen LogP contribution in [0.2, 0.25) is 0 Å². The van der Waals surface area contributed by atoms with Crippen molar-refractivity contribution in [2.75, 3.05) is 13.1 Å². The van der Waals surface area contributed by atoms with Crippen LogP contribution in [0.25, 0.3) is 0 Å². The molecule has 1 aliphatic heterocycles. The minimum absolute atomic E-state index is 0.0457. The van der Waals surface area contributed by atoms with Crippen molar-refractivity contribution in [3.05, 3.63) is 63.7 Å². The molecule has 0 spiro atoms. The summed E-state index contributed by atoms with van der Waals surface area (Å²) < 4.78 is 10.8. The number of likely N-dealkylation sites (tertiary alicyclic amines) is 1. The van der Waals surface area contributed by atoms with Gasteiger partial charge in [0.15, 0.2) is 0 Å². The summed E-state index contributed by atoms with van der Waals surface area (Å²) in [5, 5.41) is 8.95. The Bertz CT molecular complexity index is 873. The number of hydrogen-bond donors (Lipinski definition) is 0. The number of amides is 1. The van der Waals surface area contributed by atoms with Gasteiger partial charge in [0.1, 0.15) is 17.6 Å². The van der Waals surface area contributed by atoms with Crippen LogP contribution in [-0.2, 0) is 0 Å². The monoisotopic (exact) mass is 338 g/mol. The third-order valence-electron chi connectivity index (χ3n) is 4.14. The van der Waals surface area contributed by atoms with Gasteiger partial charge < -0.3 is 14.1 Å². The van der Waals surface area contributed by atoms with Crippen molar-refractivity contribution >= 4 is 5.91 Å². The van der Waals surface area contributed by atoms with Crippen molar-refractivity contribution in [2.24, 2.45) is 0 Å². The molecule has 3 rings (SSSR count). The molecular formula is C19H18N2O4. The lowest BCUT2D eigenvalue weighted by molar-refractivity contribution is 0.0594. The number of nitriles is 1. The first-order valence-corrected chi connectivity index (χ1v) is 8.13. The normalized spacial score (nSPS) is 14.8. The summed E-state index contributed by atoms with van der Waals surface area (Å²) in [5.74, 6) is 0.930. The molecule has 0 radical (unpaired) electrons. The molecule has 0 atom stereocenters. The number of piperidine rings is 1. The van der Waals surface area contributed by atoms with Gasteiger partial charge in [0, 0.05) is 37.6 Å². The maximum absolute atomic E-state index is 12.5. The quantitative estimate of drug-likeness (QED) is 0.858. The van der Waals surface area contributed by atoms with E-state index in [2.05, 4.69) is 0 Å². The van der Waals surface area contributed by atoms with Gasteiger partial charge in [-0.15, -0.1) is 0 Å². The maximum Gasteiger partial charge on any atom is 0.339 e. The molecule has 2 aromatic rings. The maximum atomic E-state index is 12.5. The smallest absolute Gasteiger partial charge is 0.339 e. The molecule has 6 heteroatoms. The lowest BCUT2D eigenvalue weighted by atomic mass is 10.1. The van der Waals surface area contributed by atoms with Crippen molar-refractivity contribution in [2.45, 2.75) is 25.9 Å². The minimum Gasteiger partial charge on any atom is -0.490 e. The summed E-state index contributed by atoms with van der Waals surface area (Å²) in [4.78, 5) is 25.7. The predicted molar refractivity (Wildman–Crippen MR) is 90.4 cm³/mol. The van der Waals surface area contributed by atoms with Crippen molar-refractivity contribution < 1.29 is 13.9 Å². The van der Waals surface area contributed by atoms with Gasteiger partial charge in [-0.3, -0.25) is 4.79 Å². The third kappa shape index (κ3) is 4.07. The summed E-state index contributed by atoms with van der Waals surface area (Å²) in [5.41, 5.74) is 0.567. The highest BCUT2D eigenvalue weighted by Gasteiger charge is 2.25. The van der Waals surface area contributed by atoms with Crippen LogP contribution in [0.1, 0.15) is 34.5 Å². The van der Waals surface area contributed by atoms with Crippen LogP contribution in [0.15, 0.2) is 45.6 Å². The first-order chi connectivity index (χ1) is 12.0. The van der Waals surface area contributed by atoms with Crippen LogP contribution < -0.4 is 10.4 Å². The number of hydrogen-bond acceptors (Lipinski definition) is 5. The Labute approximate surface area is 145 Å². The molecule has 1 aromatic carbocycles. The molecular weight excluding hydrogens is 320 g/mol. The van der Waals surface area contributed by atoms with Gasteiger partial charge in [0.25, 0.3) is 5.91 Å². The molecule has 25 heavy (non-hydrogen) atoms. The van der Waals surface area contributed by atoms with Crippen LogP contribution in [-0.4, -0.2) is 30.0 Å². The first-order valence-electron chi connectivity index (χ1n) is 8.13. The van der Waals surface area contributed by atoms with E-state index < -0.39 is 5.63 Å². The van der Waals surface area contributed by atoms with E-state index >= 15 is 0 Å². The summed E-state index contributed by atoms with van der Waals surface area (Å²) in [6.07, 6.45) is 1.32. The topological polar surface area (TPSA) is 83.5 Å². The summed E-state index contributed by atoms with van der Waals surface area (Å²) in [7, 11) is 0. The number of nitrogens with zero attached hydrogens (tertiary/aromatic N) is 2. The zero-order chi connectivity index (χ0) is 17.8. The van der Waals surface area contributed by atoms with Crippen LogP contribution in [0, 0.1) is 18.3 Å². The Morgan fingerprint density at radius 3 is 2.72 bits per heavy atom. The highest BCUT2D eigenvalue weighted by Crippen LogP contribution is 2.20. The molecule has 0 aliphatic carbocycles. The van der Waals surface area contributed by atoms with Crippen LogP contribution >= 0.6 is 0 Å². The van der Waals surface area contributed by atoms with Gasteiger partial charge in [-0.2, -0.15) is 5.26 Å². The summed E-state index contributed by atoms with van der Waals surface area (Å²) in [6.45, 7) is 2.84. The fourth-order valence-corrected chi connectivity index (χ4v) is 2.92. The Balaban J connectivity index is 1.60. The van der Waals surface area contributed by atoms with E-state index in [0.717, 1.165) is 0 Å². The predicted octanol–water partition coefficient (Wildman–Crippen LogP) is 2.50. The summed E-state index contributed by atoms with van der Waals surface area (Å²) >= 11 is 0. The minimum atomic E-state index is -0.431. The van der Waals surface area contributed by atoms with Gasteiger partial charge in [-0.05, 0) is 25.1 Å². The highest BCUT2D eigenvalue weighted by molar-refractivity contribution is 5.94. The fraction of sp³-hybridized carbons (Fsp3) is 0.316. The van der Waals surface area contributed by atoms with Crippen molar-refractivity contribution in [3.8, 4) is 11.8 Å². The third-order valence-corrected chi connectivity index (χ3v) is 4.14. The molecule has 0 bridgehead atoms. The molecule has 2 heterocycles. The number of carbonyl (C=O) groups is 1. The lowest BCUT2D eigenvalue weighted by Gasteiger charge is -2.32. The van der Waals surface area contributed by atoms with E-state index in [1.165, 1.54) is 6.07 Å². The molecule has 1 aliphatic rings. The molecule has 1 saturated heterocycles. The number of carbonyl (C=O) groups excluding carboxylic acids is 1. The van der Waals surface area contributed by atoms with Gasteiger partial charge in [0.05, 0.1) is 17.7 Å². The van der Waals surface area contributed by atoms with E-state index in [4.69, 9.17) is 14.4 Å². The van der Waals surface area contributed by atoms with Crippen molar-refractivity contribution in [1.29, 1.82) is 5.26 Å². The molecule has 0 unspecified atom stereocenters. The largest absolute Gasteiger partial charge is 0.490 e. The first kappa shape index (κ1) is 16.8. The number of rotatable bonds is 3. The average Bonchev–Trinajstić information content (AvgIpc) is 2.61. The second kappa shape index (κ2) is 7.22. The Morgan fingerprint density at radius 1 is 1.28 bits per heavy atom. The number of aryl methyl sites for hydroxylation is 1. The molecule has 1 fully saturated rings. The van der Waals surface area contributed by atoms with Crippen molar-refractivity contribution in [1.82, 2.24) is 4.90 Å². The molecule has 1 aromatic heterocycles. The Hall–Kier alpha value is -3.07. The van der Waals surface area contributed by atoms with Gasteiger partial charge >= 0.3 is 5.63 Å². The van der Waals surface area contributed by atoms with Gasteiger partial charge in [-0.25, -0.2) is 4.79 Å². The molecule has 1 amide bonds. The van der Waals surface area contributed by atoms with E-state index in [-0.39, 0.29) is 12.0 Å². The van der Waals surface area contributed by atoms with Gasteiger partial charge in [-0.1, -0.05) is 6.07 Å². The van der Waals surface area contributed by atoms with Crippen molar-refractivity contribution in [3.63, 3.8) is 0 Å². The lowest BCUT2D eigenvalue weighted by Crippen LogP contribution is -2.41. The second-order valence-corrected chi connectivity index (χ2v) is 6.02. The SMILES string of the molecule is Cc1cc(OC2CCN(C(=O)c3cccc(C#N)c3)CC2)cc(=O)o1. The highest BCUT2D eigenvalue weighted by atomic mass is 16.5. The number of benzene rings is 1. The van der Waals surface area contributed by atoms with E-state index in [1.807, 2.05) is 6.07 Å². The van der Waals surface area contributed by atoms with Crippen LogP contribution in [0.5, 0.6) is 5.75 Å². The zero-order valence-corrected chi connectivity index (χ0v) is 13.9. The molecule has 128 valence electrons. The van der Waals surface area contributed by atoms with E-state index in [9.17, 15) is 9.59 Å². The van der Waals surface area contributed by atoms with E-state index in [0.29, 0.717) is 48.6 Å². The Kier molecular flexibility index (Phi) is 4.85. The average molecular weight is 338 g/mol. The second-order valence-electron chi connectivity index (χ2n) is 6.02. The Morgan fingerprint density at radius 2 is 2.04 bits per heavy atom. The zero-order valence-electron chi connectivity index (χ0n) is 13.9. The van der Waals surface area contributed by atoms with E-state index in [1.54, 1.807) is 42.2 Å². The molecule has 0 N–H and O–H groups in total. The standard InChI is InChI=1S/C19H18N2O4/c1-13-9-17(11-18(22)24-13)25-16-5-7-21(8-6-16)19(23)15-4-2-3-14(10-15)12-20/h2-4,9-11,16H,5-8H2,1H3. The number of ether oxygens (including phenoxy) is 1. The summed E-state index contributed by atoms with van der Waals surface area (Å²) in [6, 6.07) is 11.8.